The molecule has 8 bridgehead atoms. The maximum absolute atomic E-state index is 13.7. The molecule has 0 saturated carbocycles. The fraction of sp³-hybridized carbons (Fsp3) is 0.562. The fourth-order valence-corrected chi connectivity index (χ4v) is 10.1. The SMILES string of the molecule is CCCc1cc2c(OCC(=O)NCCN(C)C)c(c1)Cc1cc(CCC)cc(c1OCC(=O)NCCN(C)C)Cc1cc(CCC)cc(c1OCC(=O)NCCN(C)C)Cc1cc(OCC(=O)NCCN(C)C)cc(c1CCC)C2. The molecule has 0 spiro atoms. The van der Waals surface area contributed by atoms with Crippen LogP contribution in [0.1, 0.15) is 120 Å². The Balaban J connectivity index is 1.85. The Morgan fingerprint density at radius 2 is 0.613 bits per heavy atom. The molecule has 1 aliphatic rings. The average molecular weight is 1110 g/mol. The summed E-state index contributed by atoms with van der Waals surface area (Å²) in [6, 6.07) is 17.4. The number of aryl methyl sites for hydroxylation is 3. The summed E-state index contributed by atoms with van der Waals surface area (Å²) in [6.07, 6.45) is 8.38. The first-order chi connectivity index (χ1) is 38.4. The summed E-state index contributed by atoms with van der Waals surface area (Å²) in [5.41, 5.74) is 12.0. The summed E-state index contributed by atoms with van der Waals surface area (Å²) in [6.45, 7) is 12.6. The van der Waals surface area contributed by atoms with Crippen LogP contribution in [0.4, 0.5) is 0 Å². The number of hydrogen-bond acceptors (Lipinski definition) is 12. The molecule has 0 unspecified atom stereocenters. The minimum Gasteiger partial charge on any atom is -0.484 e. The van der Waals surface area contributed by atoms with Gasteiger partial charge in [-0.1, -0.05) is 89.8 Å². The van der Waals surface area contributed by atoms with Gasteiger partial charge in [0.25, 0.3) is 23.6 Å². The summed E-state index contributed by atoms with van der Waals surface area (Å²) < 4.78 is 27.0. The molecule has 0 atom stereocenters. The molecular weight excluding hydrogens is 1010 g/mol. The van der Waals surface area contributed by atoms with Gasteiger partial charge in [0, 0.05) is 78.0 Å². The number of nitrogens with zero attached hydrogens (tertiary/aromatic N) is 4. The van der Waals surface area contributed by atoms with Crippen LogP contribution in [-0.4, -0.2) is 178 Å². The molecule has 0 heterocycles. The standard InChI is InChI=1S/C64H96N8O8/c1-13-17-45-29-50-35-48-39-56(77-41-58(73)65-21-25-69(5)6)40-49(57(48)20-16-4)36-51-30-46(18-14-2)32-53(63(51)79-43-60(75)67-23-27-71(9)10)38-55-34-47(19-15-3)33-54(64(55)80-44-61(76)68-24-28-72(11)12)37-52(31-45)62(50)78-42-59(74)66-22-26-70(7)8/h29-34,39-40H,13-28,35-38,41-44H2,1-12H3,(H,65,73)(H,66,74)(H,67,75)(H,68,76). The van der Waals surface area contributed by atoms with Gasteiger partial charge in [0.05, 0.1) is 0 Å². The largest absolute Gasteiger partial charge is 0.484 e. The fourth-order valence-electron chi connectivity index (χ4n) is 10.1. The topological polar surface area (TPSA) is 166 Å². The van der Waals surface area contributed by atoms with Crippen molar-refractivity contribution in [2.45, 2.75) is 105 Å². The van der Waals surface area contributed by atoms with Gasteiger partial charge in [0.15, 0.2) is 26.4 Å². The predicted molar refractivity (Wildman–Crippen MR) is 321 cm³/mol. The number of likely N-dealkylation sites (N-methyl/N-ethyl adjacent to an activating group) is 4. The molecule has 4 N–H and O–H groups in total. The van der Waals surface area contributed by atoms with Crippen LogP contribution in [0, 0.1) is 0 Å². The molecule has 5 rings (SSSR count). The highest BCUT2D eigenvalue weighted by atomic mass is 16.5. The lowest BCUT2D eigenvalue weighted by Gasteiger charge is -2.25. The van der Waals surface area contributed by atoms with E-state index in [1.165, 1.54) is 0 Å². The summed E-state index contributed by atoms with van der Waals surface area (Å²) in [4.78, 5) is 62.5. The average Bonchev–Trinajstić information content (AvgIpc) is 3.38. The number of benzene rings is 4. The summed E-state index contributed by atoms with van der Waals surface area (Å²) in [7, 11) is 15.8. The van der Waals surface area contributed by atoms with Crippen LogP contribution in [0.15, 0.2) is 48.5 Å². The lowest BCUT2D eigenvalue weighted by atomic mass is 9.85. The normalized spacial score (nSPS) is 12.2. The first-order valence-corrected chi connectivity index (χ1v) is 29.1. The van der Waals surface area contributed by atoms with E-state index in [0.717, 1.165) is 118 Å². The van der Waals surface area contributed by atoms with Crippen LogP contribution in [0.5, 0.6) is 23.0 Å². The number of carbonyl (C=O) groups excluding carboxylic acids is 4. The monoisotopic (exact) mass is 1100 g/mol. The van der Waals surface area contributed by atoms with E-state index in [1.54, 1.807) is 0 Å². The van der Waals surface area contributed by atoms with Crippen molar-refractivity contribution in [3.8, 4) is 23.0 Å². The van der Waals surface area contributed by atoms with Crippen molar-refractivity contribution in [1.82, 2.24) is 40.9 Å². The van der Waals surface area contributed by atoms with Gasteiger partial charge in [-0.05, 0) is 161 Å². The number of carbonyl (C=O) groups is 4. The van der Waals surface area contributed by atoms with Crippen molar-refractivity contribution in [2.75, 3.05) is 135 Å². The molecule has 0 saturated heterocycles. The Morgan fingerprint density at radius 3 is 0.863 bits per heavy atom. The van der Waals surface area contributed by atoms with Gasteiger partial charge in [-0.3, -0.25) is 19.2 Å². The molecule has 0 radical (unpaired) electrons. The zero-order valence-corrected chi connectivity index (χ0v) is 50.6. The van der Waals surface area contributed by atoms with Crippen LogP contribution < -0.4 is 40.2 Å². The van der Waals surface area contributed by atoms with E-state index in [-0.39, 0.29) is 50.1 Å². The number of fused-ring (bicyclic) bond motifs is 8. The molecule has 440 valence electrons. The highest BCUT2D eigenvalue weighted by Crippen LogP contribution is 2.40. The first-order valence-electron chi connectivity index (χ1n) is 29.1. The Labute approximate surface area is 479 Å². The number of ether oxygens (including phenoxy) is 4. The van der Waals surface area contributed by atoms with Crippen LogP contribution in [0.2, 0.25) is 0 Å². The second-order valence-electron chi connectivity index (χ2n) is 22.4. The van der Waals surface area contributed by atoms with Crippen LogP contribution in [0.3, 0.4) is 0 Å². The Morgan fingerprint density at radius 1 is 0.362 bits per heavy atom. The Kier molecular flexibility index (Phi) is 27.1. The molecular formula is C64H96N8O8. The maximum atomic E-state index is 13.7. The third kappa shape index (κ3) is 21.4. The summed E-state index contributed by atoms with van der Waals surface area (Å²) in [5, 5.41) is 12.1. The van der Waals surface area contributed by atoms with Gasteiger partial charge in [0.1, 0.15) is 23.0 Å². The van der Waals surface area contributed by atoms with Crippen molar-refractivity contribution in [3.05, 3.63) is 115 Å². The van der Waals surface area contributed by atoms with Crippen molar-refractivity contribution in [1.29, 1.82) is 0 Å². The second-order valence-corrected chi connectivity index (χ2v) is 22.4. The van der Waals surface area contributed by atoms with E-state index in [4.69, 9.17) is 18.9 Å². The van der Waals surface area contributed by atoms with Crippen molar-refractivity contribution < 1.29 is 38.1 Å². The Hall–Kier alpha value is -6.20. The van der Waals surface area contributed by atoms with Gasteiger partial charge < -0.3 is 59.8 Å². The number of amides is 4. The van der Waals surface area contributed by atoms with Crippen LogP contribution >= 0.6 is 0 Å². The van der Waals surface area contributed by atoms with Gasteiger partial charge in [-0.25, -0.2) is 0 Å². The van der Waals surface area contributed by atoms with E-state index in [1.807, 2.05) is 76.0 Å². The Bertz CT molecular complexity index is 2510. The summed E-state index contributed by atoms with van der Waals surface area (Å²) >= 11 is 0. The highest BCUT2D eigenvalue weighted by Gasteiger charge is 2.26. The molecule has 1 aliphatic carbocycles. The second kappa shape index (κ2) is 33.5. The van der Waals surface area contributed by atoms with Crippen molar-refractivity contribution in [3.63, 3.8) is 0 Å². The third-order valence-electron chi connectivity index (χ3n) is 13.9. The third-order valence-corrected chi connectivity index (χ3v) is 13.9. The number of hydrogen-bond donors (Lipinski definition) is 4. The van der Waals surface area contributed by atoms with E-state index >= 15 is 0 Å². The smallest absolute Gasteiger partial charge is 0.257 e. The summed E-state index contributed by atoms with van der Waals surface area (Å²) in [5.74, 6) is 1.53. The molecule has 0 aliphatic heterocycles. The zero-order chi connectivity index (χ0) is 58.1. The minimum atomic E-state index is -0.228. The minimum absolute atomic E-state index is 0.166. The highest BCUT2D eigenvalue weighted by molar-refractivity contribution is 5.79. The lowest BCUT2D eigenvalue weighted by molar-refractivity contribution is -0.123. The van der Waals surface area contributed by atoms with Crippen LogP contribution in [0.25, 0.3) is 0 Å². The van der Waals surface area contributed by atoms with Crippen molar-refractivity contribution >= 4 is 23.6 Å². The van der Waals surface area contributed by atoms with E-state index < -0.39 is 0 Å². The van der Waals surface area contributed by atoms with Gasteiger partial charge in [-0.2, -0.15) is 0 Å². The molecule has 16 heteroatoms. The van der Waals surface area contributed by atoms with E-state index in [0.29, 0.717) is 101 Å². The molecule has 4 amide bonds. The van der Waals surface area contributed by atoms with E-state index in [9.17, 15) is 19.2 Å². The number of rotatable bonds is 32. The molecule has 80 heavy (non-hydrogen) atoms. The zero-order valence-electron chi connectivity index (χ0n) is 50.6. The molecule has 4 aromatic rings. The maximum Gasteiger partial charge on any atom is 0.257 e. The molecule has 0 fully saturated rings. The van der Waals surface area contributed by atoms with Crippen LogP contribution in [-0.2, 0) is 70.5 Å². The van der Waals surface area contributed by atoms with Gasteiger partial charge in [0.2, 0.25) is 0 Å². The van der Waals surface area contributed by atoms with Crippen molar-refractivity contribution in [2.24, 2.45) is 0 Å². The lowest BCUT2D eigenvalue weighted by Crippen LogP contribution is -2.34. The molecule has 0 aromatic heterocycles. The first kappa shape index (κ1) is 64.6. The van der Waals surface area contributed by atoms with E-state index in [2.05, 4.69) is 97.5 Å². The molecule has 4 aromatic carbocycles. The van der Waals surface area contributed by atoms with Gasteiger partial charge >= 0.3 is 0 Å². The quantitative estimate of drug-likeness (QED) is 0.0375. The molecule has 16 nitrogen and oxygen atoms in total. The predicted octanol–water partition coefficient (Wildman–Crippen LogP) is 6.40. The number of nitrogens with one attached hydrogen (secondary N) is 4. The van der Waals surface area contributed by atoms with Gasteiger partial charge in [-0.15, -0.1) is 0 Å².